The predicted molar refractivity (Wildman–Crippen MR) is 169 cm³/mol. The second kappa shape index (κ2) is 12.1. The van der Waals surface area contributed by atoms with E-state index in [2.05, 4.69) is 26.7 Å². The minimum atomic E-state index is -4.05. The van der Waals surface area contributed by atoms with Crippen molar-refractivity contribution in [2.45, 2.75) is 30.7 Å². The predicted octanol–water partition coefficient (Wildman–Crippen LogP) is 6.70. The number of aliphatic imine (C=N–C) groups is 1. The molecule has 6 rings (SSSR count). The first kappa shape index (κ1) is 28.2. The van der Waals surface area contributed by atoms with E-state index in [1.165, 1.54) is 37.0 Å². The second-order valence-corrected chi connectivity index (χ2v) is 12.3. The van der Waals surface area contributed by atoms with Crippen molar-refractivity contribution in [1.82, 2.24) is 9.88 Å². The van der Waals surface area contributed by atoms with Gasteiger partial charge in [-0.05, 0) is 74.0 Å². The number of nitrogens with one attached hydrogen (secondary N) is 2. The summed E-state index contributed by atoms with van der Waals surface area (Å²) in [5.41, 5.74) is 4.72. The number of likely N-dealkylation sites (tertiary alicyclic amines) is 1. The van der Waals surface area contributed by atoms with Crippen LogP contribution in [0.5, 0.6) is 5.88 Å². The van der Waals surface area contributed by atoms with Gasteiger partial charge in [-0.1, -0.05) is 61.0 Å². The summed E-state index contributed by atoms with van der Waals surface area (Å²) in [7, 11) is -4.05. The molecule has 0 unspecified atom stereocenters. The van der Waals surface area contributed by atoms with Gasteiger partial charge in [-0.15, -0.1) is 0 Å². The molecule has 0 spiro atoms. The van der Waals surface area contributed by atoms with Crippen LogP contribution in [0.3, 0.4) is 0 Å². The van der Waals surface area contributed by atoms with E-state index in [-0.39, 0.29) is 22.0 Å². The number of nitriles is 1. The summed E-state index contributed by atoms with van der Waals surface area (Å²) in [6.07, 6.45) is 3.79. The highest BCUT2D eigenvalue weighted by atomic mass is 32.2. The van der Waals surface area contributed by atoms with E-state index in [0.29, 0.717) is 22.2 Å². The number of fused-ring (bicyclic) bond motifs is 1. The highest BCUT2D eigenvalue weighted by Gasteiger charge is 2.22. The standard InChI is InChI=1S/C34H31N5O3S/c35-22-26-11-5-6-12-31(26)43(41,42)38-28-17-18-30-29(21-28)32(34(40)37-30)33(25-9-3-1-4-10-25)36-27-15-13-24(14-16-27)23-39-19-7-2-8-20-39/h1,3-6,9-18,21,37-38,40H,2,7-8,19-20,23H2. The first-order valence-electron chi connectivity index (χ1n) is 14.2. The fourth-order valence-corrected chi connectivity index (χ4v) is 6.73. The Labute approximate surface area is 251 Å². The van der Waals surface area contributed by atoms with Gasteiger partial charge in [-0.3, -0.25) is 9.62 Å². The van der Waals surface area contributed by atoms with Gasteiger partial charge in [-0.25, -0.2) is 13.4 Å². The number of H-pyrrole nitrogens is 1. The molecule has 0 amide bonds. The number of hydrogen-bond donors (Lipinski definition) is 3. The lowest BCUT2D eigenvalue weighted by Gasteiger charge is -2.26. The number of sulfonamides is 1. The van der Waals surface area contributed by atoms with Gasteiger partial charge >= 0.3 is 0 Å². The molecule has 9 heteroatoms. The van der Waals surface area contributed by atoms with Crippen molar-refractivity contribution in [1.29, 1.82) is 5.26 Å². The second-order valence-electron chi connectivity index (χ2n) is 10.7. The van der Waals surface area contributed by atoms with Crippen molar-refractivity contribution in [2.24, 2.45) is 4.99 Å². The van der Waals surface area contributed by atoms with Crippen LogP contribution < -0.4 is 4.72 Å². The van der Waals surface area contributed by atoms with Crippen molar-refractivity contribution < 1.29 is 13.5 Å². The Kier molecular flexibility index (Phi) is 7.97. The smallest absolute Gasteiger partial charge is 0.263 e. The highest BCUT2D eigenvalue weighted by Crippen LogP contribution is 2.34. The molecule has 4 aromatic carbocycles. The maximum absolute atomic E-state index is 13.2. The van der Waals surface area contributed by atoms with Gasteiger partial charge in [0, 0.05) is 28.7 Å². The summed E-state index contributed by atoms with van der Waals surface area (Å²) in [4.78, 5) is 10.4. The number of aromatic nitrogens is 1. The van der Waals surface area contributed by atoms with Crippen LogP contribution in [0.1, 0.15) is 41.5 Å². The minimum absolute atomic E-state index is 0.0523. The molecule has 1 saturated heterocycles. The molecule has 0 bridgehead atoms. The zero-order valence-electron chi connectivity index (χ0n) is 23.5. The van der Waals surface area contributed by atoms with Crippen LogP contribution in [-0.2, 0) is 16.6 Å². The van der Waals surface area contributed by atoms with Gasteiger partial charge in [-0.2, -0.15) is 5.26 Å². The van der Waals surface area contributed by atoms with E-state index in [0.717, 1.165) is 30.9 Å². The Bertz CT molecular complexity index is 1940. The number of aromatic amines is 1. The quantitative estimate of drug-likeness (QED) is 0.174. The number of hydrogen-bond acceptors (Lipinski definition) is 6. The van der Waals surface area contributed by atoms with Crippen LogP contribution in [0.2, 0.25) is 0 Å². The van der Waals surface area contributed by atoms with Gasteiger partial charge in [0.05, 0.1) is 22.5 Å². The van der Waals surface area contributed by atoms with Gasteiger partial charge in [0.15, 0.2) is 5.88 Å². The topological polar surface area (TPSA) is 122 Å². The van der Waals surface area contributed by atoms with Crippen LogP contribution >= 0.6 is 0 Å². The minimum Gasteiger partial charge on any atom is -0.494 e. The third kappa shape index (κ3) is 6.16. The SMILES string of the molecule is N#Cc1ccccc1S(=O)(=O)Nc1ccc2[nH]c(O)c(C(=Nc3ccc(CN4CCCCC4)cc3)c3ccccc3)c2c1. The van der Waals surface area contributed by atoms with E-state index in [1.54, 1.807) is 30.3 Å². The van der Waals surface area contributed by atoms with Crippen LogP contribution in [0.4, 0.5) is 11.4 Å². The van der Waals surface area contributed by atoms with Crippen molar-refractivity contribution in [3.63, 3.8) is 0 Å². The molecule has 0 radical (unpaired) electrons. The molecule has 0 atom stereocenters. The molecule has 2 heterocycles. The molecule has 216 valence electrons. The maximum Gasteiger partial charge on any atom is 0.263 e. The number of benzene rings is 4. The Hall–Kier alpha value is -4.91. The zero-order valence-corrected chi connectivity index (χ0v) is 24.3. The lowest BCUT2D eigenvalue weighted by molar-refractivity contribution is 0.221. The molecule has 1 fully saturated rings. The number of piperidine rings is 1. The number of anilines is 1. The van der Waals surface area contributed by atoms with Crippen molar-refractivity contribution in [3.8, 4) is 11.9 Å². The molecule has 0 saturated carbocycles. The molecule has 43 heavy (non-hydrogen) atoms. The summed E-state index contributed by atoms with van der Waals surface area (Å²) >= 11 is 0. The van der Waals surface area contributed by atoms with E-state index in [9.17, 15) is 18.8 Å². The normalized spacial score (nSPS) is 14.4. The molecule has 1 aromatic heterocycles. The van der Waals surface area contributed by atoms with Crippen LogP contribution in [0.15, 0.2) is 107 Å². The van der Waals surface area contributed by atoms with E-state index in [1.807, 2.05) is 48.5 Å². The van der Waals surface area contributed by atoms with Crippen molar-refractivity contribution in [2.75, 3.05) is 17.8 Å². The first-order valence-corrected chi connectivity index (χ1v) is 15.7. The lowest BCUT2D eigenvalue weighted by Crippen LogP contribution is -2.28. The molecule has 8 nitrogen and oxygen atoms in total. The monoisotopic (exact) mass is 589 g/mol. The van der Waals surface area contributed by atoms with Gasteiger partial charge in [0.1, 0.15) is 11.0 Å². The van der Waals surface area contributed by atoms with Crippen LogP contribution in [0.25, 0.3) is 10.9 Å². The molecule has 5 aromatic rings. The van der Waals surface area contributed by atoms with Gasteiger partial charge < -0.3 is 10.1 Å². The molecular weight excluding hydrogens is 558 g/mol. The maximum atomic E-state index is 13.2. The Balaban J connectivity index is 1.38. The lowest BCUT2D eigenvalue weighted by atomic mass is 10.0. The third-order valence-corrected chi connectivity index (χ3v) is 9.08. The third-order valence-electron chi connectivity index (χ3n) is 7.64. The highest BCUT2D eigenvalue weighted by molar-refractivity contribution is 7.92. The average Bonchev–Trinajstić information content (AvgIpc) is 3.36. The van der Waals surface area contributed by atoms with Crippen LogP contribution in [-0.4, -0.2) is 42.2 Å². The van der Waals surface area contributed by atoms with Gasteiger partial charge in [0.25, 0.3) is 10.0 Å². The zero-order chi connectivity index (χ0) is 29.8. The Morgan fingerprint density at radius 1 is 0.930 bits per heavy atom. The fourth-order valence-electron chi connectivity index (χ4n) is 5.53. The number of aromatic hydroxyl groups is 1. The van der Waals surface area contributed by atoms with E-state index < -0.39 is 10.0 Å². The molecule has 1 aliphatic heterocycles. The number of nitrogens with zero attached hydrogens (tertiary/aromatic N) is 3. The molecule has 3 N–H and O–H groups in total. The first-order chi connectivity index (χ1) is 20.9. The average molecular weight is 590 g/mol. The number of rotatable bonds is 8. The summed E-state index contributed by atoms with van der Waals surface area (Å²) in [5, 5.41) is 21.1. The summed E-state index contributed by atoms with van der Waals surface area (Å²) in [6.45, 7) is 3.16. The summed E-state index contributed by atoms with van der Waals surface area (Å²) in [5.74, 6) is -0.0749. The molecule has 0 aliphatic carbocycles. The van der Waals surface area contributed by atoms with Crippen LogP contribution in [0, 0.1) is 11.3 Å². The van der Waals surface area contributed by atoms with Gasteiger partial charge in [0.2, 0.25) is 0 Å². The van der Waals surface area contributed by atoms with Crippen molar-refractivity contribution >= 4 is 38.0 Å². The van der Waals surface area contributed by atoms with E-state index >= 15 is 0 Å². The summed E-state index contributed by atoms with van der Waals surface area (Å²) in [6, 6.07) is 30.7. The Morgan fingerprint density at radius 2 is 1.65 bits per heavy atom. The fraction of sp³-hybridized carbons (Fsp3) is 0.176. The summed E-state index contributed by atoms with van der Waals surface area (Å²) < 4.78 is 29.0. The Morgan fingerprint density at radius 3 is 2.40 bits per heavy atom. The molecular formula is C34H31N5O3S. The van der Waals surface area contributed by atoms with Crippen molar-refractivity contribution in [3.05, 3.63) is 119 Å². The largest absolute Gasteiger partial charge is 0.494 e. The molecule has 1 aliphatic rings. The van der Waals surface area contributed by atoms with E-state index in [4.69, 9.17) is 4.99 Å².